The molecule has 1 aromatic carbocycles. The number of amides is 2. The van der Waals surface area contributed by atoms with Gasteiger partial charge >= 0.3 is 0 Å². The summed E-state index contributed by atoms with van der Waals surface area (Å²) in [5.41, 5.74) is 0.834. The summed E-state index contributed by atoms with van der Waals surface area (Å²) in [5, 5.41) is 6.26. The molecule has 0 aromatic heterocycles. The minimum absolute atomic E-state index is 0.108. The zero-order valence-electron chi connectivity index (χ0n) is 12.3. The normalized spacial score (nSPS) is 24.8. The lowest BCUT2D eigenvalue weighted by molar-refractivity contribution is -0.132. The van der Waals surface area contributed by atoms with Crippen LogP contribution in [-0.4, -0.2) is 37.5 Å². The quantitative estimate of drug-likeness (QED) is 0.797. The van der Waals surface area contributed by atoms with Gasteiger partial charge in [0.15, 0.2) is 0 Å². The molecular weight excluding hydrogens is 346 g/mol. The molecule has 118 valence electrons. The maximum Gasteiger partial charge on any atom is 0.239 e. The van der Waals surface area contributed by atoms with E-state index in [0.29, 0.717) is 25.6 Å². The van der Waals surface area contributed by atoms with Crippen molar-refractivity contribution in [3.8, 4) is 0 Å². The minimum Gasteiger partial charge on any atom is -0.354 e. The third-order valence-corrected chi connectivity index (χ3v) is 5.02. The first-order valence-electron chi connectivity index (χ1n) is 7.74. The summed E-state index contributed by atoms with van der Waals surface area (Å²) in [4.78, 5) is 26.5. The second-order valence-corrected chi connectivity index (χ2v) is 6.68. The van der Waals surface area contributed by atoms with E-state index >= 15 is 0 Å². The Hall–Kier alpha value is -1.40. The van der Waals surface area contributed by atoms with Crippen molar-refractivity contribution in [3.63, 3.8) is 0 Å². The average Bonchev–Trinajstić information content (AvgIpc) is 3.15. The van der Waals surface area contributed by atoms with Gasteiger partial charge < -0.3 is 15.5 Å². The van der Waals surface area contributed by atoms with Gasteiger partial charge in [-0.1, -0.05) is 12.1 Å². The maximum absolute atomic E-state index is 12.5. The summed E-state index contributed by atoms with van der Waals surface area (Å²) < 4.78 is 0.875. The number of anilines is 1. The summed E-state index contributed by atoms with van der Waals surface area (Å²) >= 11 is 3.46. The van der Waals surface area contributed by atoms with Crippen LogP contribution in [0.2, 0.25) is 0 Å². The van der Waals surface area contributed by atoms with Crippen LogP contribution in [0.5, 0.6) is 0 Å². The number of nitrogens with one attached hydrogen (secondary N) is 2. The van der Waals surface area contributed by atoms with Crippen LogP contribution in [0, 0.1) is 5.92 Å². The average molecular weight is 366 g/mol. The largest absolute Gasteiger partial charge is 0.354 e. The highest BCUT2D eigenvalue weighted by molar-refractivity contribution is 9.10. The minimum atomic E-state index is -0.562. The number of halogens is 1. The van der Waals surface area contributed by atoms with E-state index in [9.17, 15) is 9.59 Å². The lowest BCUT2D eigenvalue weighted by atomic mass is 10.1. The van der Waals surface area contributed by atoms with Crippen molar-refractivity contribution in [2.75, 3.05) is 24.5 Å². The molecule has 3 rings (SSSR count). The van der Waals surface area contributed by atoms with E-state index in [2.05, 4.69) is 26.6 Å². The molecule has 2 unspecified atom stereocenters. The Bertz CT molecular complexity index is 572. The van der Waals surface area contributed by atoms with Crippen LogP contribution in [-0.2, 0) is 9.59 Å². The van der Waals surface area contributed by atoms with Crippen LogP contribution in [0.15, 0.2) is 28.7 Å². The van der Waals surface area contributed by atoms with Crippen molar-refractivity contribution < 1.29 is 9.59 Å². The van der Waals surface area contributed by atoms with Crippen LogP contribution in [0.3, 0.4) is 0 Å². The monoisotopic (exact) mass is 365 g/mol. The van der Waals surface area contributed by atoms with Crippen molar-refractivity contribution in [2.45, 2.75) is 25.3 Å². The topological polar surface area (TPSA) is 61.4 Å². The van der Waals surface area contributed by atoms with Crippen molar-refractivity contribution >= 4 is 33.4 Å². The molecule has 2 atom stereocenters. The number of rotatable bonds is 4. The highest BCUT2D eigenvalue weighted by Gasteiger charge is 2.38. The number of carbonyl (C=O) groups excluding carboxylic acids is 2. The highest BCUT2D eigenvalue weighted by atomic mass is 79.9. The lowest BCUT2D eigenvalue weighted by Gasteiger charge is -2.18. The number of nitrogens with zero attached hydrogens (tertiary/aromatic N) is 1. The van der Waals surface area contributed by atoms with Gasteiger partial charge in [0.1, 0.15) is 5.92 Å². The molecule has 2 N–H and O–H groups in total. The summed E-state index contributed by atoms with van der Waals surface area (Å²) in [5.74, 6) is -0.814. The third-order valence-electron chi connectivity index (χ3n) is 4.35. The van der Waals surface area contributed by atoms with E-state index in [-0.39, 0.29) is 11.8 Å². The smallest absolute Gasteiger partial charge is 0.239 e. The molecule has 2 aliphatic heterocycles. The van der Waals surface area contributed by atoms with Gasteiger partial charge in [0.25, 0.3) is 0 Å². The molecular formula is C16H20BrN3O2. The molecule has 2 amide bonds. The van der Waals surface area contributed by atoms with Crippen LogP contribution in [0.25, 0.3) is 0 Å². The van der Waals surface area contributed by atoms with Gasteiger partial charge in [-0.05, 0) is 53.9 Å². The van der Waals surface area contributed by atoms with Gasteiger partial charge in [0, 0.05) is 23.6 Å². The third kappa shape index (κ3) is 3.17. The van der Waals surface area contributed by atoms with Gasteiger partial charge in [0.05, 0.1) is 5.69 Å². The van der Waals surface area contributed by atoms with Gasteiger partial charge in [-0.25, -0.2) is 0 Å². The van der Waals surface area contributed by atoms with Crippen LogP contribution >= 0.6 is 15.9 Å². The fraction of sp³-hybridized carbons (Fsp3) is 0.500. The van der Waals surface area contributed by atoms with Crippen LogP contribution in [0.1, 0.15) is 19.3 Å². The second kappa shape index (κ2) is 6.79. The molecule has 5 nitrogen and oxygen atoms in total. The van der Waals surface area contributed by atoms with E-state index in [4.69, 9.17) is 0 Å². The van der Waals surface area contributed by atoms with E-state index in [1.807, 2.05) is 24.3 Å². The summed E-state index contributed by atoms with van der Waals surface area (Å²) in [7, 11) is 0. The number of hydrogen-bond acceptors (Lipinski definition) is 3. The molecule has 0 aliphatic carbocycles. The Balaban J connectivity index is 1.60. The SMILES string of the molecule is O=C(NCC1CCCN1)C1CCN(c2ccccc2Br)C1=O. The van der Waals surface area contributed by atoms with E-state index < -0.39 is 5.92 Å². The van der Waals surface area contributed by atoms with Crippen molar-refractivity contribution in [3.05, 3.63) is 28.7 Å². The first kappa shape index (κ1) is 15.5. The first-order chi connectivity index (χ1) is 10.7. The number of benzene rings is 1. The fourth-order valence-electron chi connectivity index (χ4n) is 3.11. The first-order valence-corrected chi connectivity index (χ1v) is 8.53. The molecule has 0 radical (unpaired) electrons. The van der Waals surface area contributed by atoms with E-state index in [0.717, 1.165) is 29.5 Å². The summed E-state index contributed by atoms with van der Waals surface area (Å²) in [6, 6.07) is 7.95. The second-order valence-electron chi connectivity index (χ2n) is 5.82. The Morgan fingerprint density at radius 3 is 2.91 bits per heavy atom. The summed E-state index contributed by atoms with van der Waals surface area (Å²) in [6.45, 7) is 2.21. The van der Waals surface area contributed by atoms with Crippen molar-refractivity contribution in [1.29, 1.82) is 0 Å². The van der Waals surface area contributed by atoms with Gasteiger partial charge in [-0.2, -0.15) is 0 Å². The summed E-state index contributed by atoms with van der Waals surface area (Å²) in [6.07, 6.45) is 2.81. The lowest BCUT2D eigenvalue weighted by Crippen LogP contribution is -2.42. The van der Waals surface area contributed by atoms with E-state index in [1.54, 1.807) is 4.90 Å². The molecule has 2 aliphatic rings. The Morgan fingerprint density at radius 1 is 1.36 bits per heavy atom. The van der Waals surface area contributed by atoms with Gasteiger partial charge in [-0.3, -0.25) is 9.59 Å². The number of hydrogen-bond donors (Lipinski definition) is 2. The van der Waals surface area contributed by atoms with Crippen molar-refractivity contribution in [2.24, 2.45) is 5.92 Å². The molecule has 2 fully saturated rings. The van der Waals surface area contributed by atoms with Gasteiger partial charge in [-0.15, -0.1) is 0 Å². The molecule has 1 aromatic rings. The van der Waals surface area contributed by atoms with Crippen LogP contribution in [0.4, 0.5) is 5.69 Å². The zero-order valence-corrected chi connectivity index (χ0v) is 13.9. The molecule has 2 saturated heterocycles. The number of para-hydroxylation sites is 1. The Kier molecular flexibility index (Phi) is 4.78. The zero-order chi connectivity index (χ0) is 15.5. The maximum atomic E-state index is 12.5. The Morgan fingerprint density at radius 2 is 2.18 bits per heavy atom. The molecule has 0 bridgehead atoms. The molecule has 0 spiro atoms. The standard InChI is InChI=1S/C16H20BrN3O2/c17-13-5-1-2-6-14(13)20-9-7-12(16(20)22)15(21)19-10-11-4-3-8-18-11/h1-2,5-6,11-12,18H,3-4,7-10H2,(H,19,21). The molecule has 0 saturated carbocycles. The predicted octanol–water partition coefficient (Wildman–Crippen LogP) is 1.67. The molecule has 2 heterocycles. The highest BCUT2D eigenvalue weighted by Crippen LogP contribution is 2.31. The fourth-order valence-corrected chi connectivity index (χ4v) is 3.61. The Labute approximate surface area is 138 Å². The van der Waals surface area contributed by atoms with Crippen molar-refractivity contribution in [1.82, 2.24) is 10.6 Å². The van der Waals surface area contributed by atoms with Crippen LogP contribution < -0.4 is 15.5 Å². The predicted molar refractivity (Wildman–Crippen MR) is 88.6 cm³/mol. The van der Waals surface area contributed by atoms with E-state index in [1.165, 1.54) is 0 Å². The van der Waals surface area contributed by atoms with Gasteiger partial charge in [0.2, 0.25) is 11.8 Å². The molecule has 6 heteroatoms. The molecule has 22 heavy (non-hydrogen) atoms. The number of carbonyl (C=O) groups is 2.